The largest absolute Gasteiger partial charge is 0.452 e. The van der Waals surface area contributed by atoms with E-state index in [1.165, 1.54) is 12.1 Å². The number of sulfone groups is 1. The molecule has 0 aliphatic carbocycles. The number of esters is 1. The Kier molecular flexibility index (Phi) is 4.77. The predicted molar refractivity (Wildman–Crippen MR) is 81.6 cm³/mol. The van der Waals surface area contributed by atoms with Crippen LogP contribution in [0.15, 0.2) is 24.3 Å². The van der Waals surface area contributed by atoms with Crippen molar-refractivity contribution in [2.24, 2.45) is 0 Å². The first kappa shape index (κ1) is 16.8. The van der Waals surface area contributed by atoms with Crippen LogP contribution in [-0.2, 0) is 19.4 Å². The lowest BCUT2D eigenvalue weighted by atomic mass is 10.0. The van der Waals surface area contributed by atoms with Gasteiger partial charge in [-0.1, -0.05) is 11.6 Å². The topological polar surface area (TPSA) is 89.5 Å². The van der Waals surface area contributed by atoms with E-state index in [9.17, 15) is 18.0 Å². The number of rotatable bonds is 4. The highest BCUT2D eigenvalue weighted by atomic mass is 35.5. The zero-order valence-electron chi connectivity index (χ0n) is 12.0. The van der Waals surface area contributed by atoms with Gasteiger partial charge in [0.2, 0.25) is 0 Å². The van der Waals surface area contributed by atoms with Crippen LogP contribution in [0.2, 0.25) is 5.02 Å². The maximum Gasteiger partial charge on any atom is 0.338 e. The van der Waals surface area contributed by atoms with Crippen molar-refractivity contribution in [2.45, 2.75) is 18.9 Å². The van der Waals surface area contributed by atoms with Crippen molar-refractivity contribution in [3.05, 3.63) is 34.9 Å². The van der Waals surface area contributed by atoms with Gasteiger partial charge < -0.3 is 10.1 Å². The van der Waals surface area contributed by atoms with E-state index < -0.39 is 33.9 Å². The molecule has 8 heteroatoms. The monoisotopic (exact) mass is 345 g/mol. The van der Waals surface area contributed by atoms with Crippen LogP contribution >= 0.6 is 11.6 Å². The molecular formula is C14H16ClNO5S. The van der Waals surface area contributed by atoms with Gasteiger partial charge in [-0.2, -0.15) is 0 Å². The Labute approximate surface area is 133 Å². The highest BCUT2D eigenvalue weighted by molar-refractivity contribution is 7.91. The average Bonchev–Trinajstić information content (AvgIpc) is 2.70. The molecule has 0 saturated carbocycles. The Bertz CT molecular complexity index is 686. The summed E-state index contributed by atoms with van der Waals surface area (Å²) in [6.45, 7) is 1.20. The standard InChI is InChI=1S/C14H16ClNO5S/c1-14(6-7-22(19,20)9-14)16-12(17)8-21-13(18)10-2-4-11(15)5-3-10/h2-5H,6-9H2,1H3,(H,16,17)/t14-/m0/s1. The highest BCUT2D eigenvalue weighted by Gasteiger charge is 2.39. The van der Waals surface area contributed by atoms with Crippen LogP contribution in [-0.4, -0.2) is 43.9 Å². The third-order valence-corrected chi connectivity index (χ3v) is 5.51. The summed E-state index contributed by atoms with van der Waals surface area (Å²) >= 11 is 5.71. The zero-order chi connectivity index (χ0) is 16.4. The summed E-state index contributed by atoms with van der Waals surface area (Å²) in [6, 6.07) is 6.08. The second kappa shape index (κ2) is 6.26. The van der Waals surface area contributed by atoms with Crippen molar-refractivity contribution in [3.63, 3.8) is 0 Å². The first-order chi connectivity index (χ1) is 10.2. The Morgan fingerprint density at radius 1 is 1.32 bits per heavy atom. The van der Waals surface area contributed by atoms with Crippen LogP contribution in [0, 0.1) is 0 Å². The maximum absolute atomic E-state index is 11.8. The summed E-state index contributed by atoms with van der Waals surface area (Å²) in [7, 11) is -3.11. The molecule has 1 aromatic rings. The molecule has 1 saturated heterocycles. The van der Waals surface area contributed by atoms with E-state index in [4.69, 9.17) is 16.3 Å². The van der Waals surface area contributed by atoms with Gasteiger partial charge in [0.05, 0.1) is 22.6 Å². The van der Waals surface area contributed by atoms with Crippen LogP contribution in [0.5, 0.6) is 0 Å². The first-order valence-electron chi connectivity index (χ1n) is 6.63. The molecule has 1 aliphatic rings. The van der Waals surface area contributed by atoms with Crippen molar-refractivity contribution in [1.82, 2.24) is 5.32 Å². The lowest BCUT2D eigenvalue weighted by molar-refractivity contribution is -0.125. The second-order valence-corrected chi connectivity index (χ2v) is 8.15. The number of nitrogens with one attached hydrogen (secondary N) is 1. The van der Waals surface area contributed by atoms with Crippen molar-refractivity contribution in [1.29, 1.82) is 0 Å². The Morgan fingerprint density at radius 2 is 1.95 bits per heavy atom. The van der Waals surface area contributed by atoms with Crippen LogP contribution < -0.4 is 5.32 Å². The van der Waals surface area contributed by atoms with Gasteiger partial charge in [-0.25, -0.2) is 13.2 Å². The molecule has 1 fully saturated rings. The molecule has 22 heavy (non-hydrogen) atoms. The van der Waals surface area contributed by atoms with Crippen LogP contribution in [0.3, 0.4) is 0 Å². The molecule has 6 nitrogen and oxygen atoms in total. The molecule has 1 atom stereocenters. The van der Waals surface area contributed by atoms with E-state index in [2.05, 4.69) is 5.32 Å². The highest BCUT2D eigenvalue weighted by Crippen LogP contribution is 2.22. The molecule has 0 aromatic heterocycles. The fourth-order valence-electron chi connectivity index (χ4n) is 2.28. The van der Waals surface area contributed by atoms with E-state index in [-0.39, 0.29) is 17.1 Å². The summed E-state index contributed by atoms with van der Waals surface area (Å²) in [5.74, 6) is -1.22. The minimum Gasteiger partial charge on any atom is -0.452 e. The number of benzene rings is 1. The van der Waals surface area contributed by atoms with Gasteiger partial charge in [-0.05, 0) is 37.6 Å². The predicted octanol–water partition coefficient (Wildman–Crippen LogP) is 1.19. The summed E-state index contributed by atoms with van der Waals surface area (Å²) in [4.78, 5) is 23.5. The molecule has 1 heterocycles. The third-order valence-electron chi connectivity index (χ3n) is 3.36. The van der Waals surface area contributed by atoms with Gasteiger partial charge in [0.25, 0.3) is 5.91 Å². The normalized spacial score (nSPS) is 23.0. The zero-order valence-corrected chi connectivity index (χ0v) is 13.5. The average molecular weight is 346 g/mol. The summed E-state index contributed by atoms with van der Waals surface area (Å²) in [5.41, 5.74) is -0.519. The van der Waals surface area contributed by atoms with Gasteiger partial charge in [-0.3, -0.25) is 4.79 Å². The lowest BCUT2D eigenvalue weighted by Crippen LogP contribution is -2.48. The van der Waals surface area contributed by atoms with Gasteiger partial charge in [0.15, 0.2) is 16.4 Å². The number of halogens is 1. The molecule has 120 valence electrons. The van der Waals surface area contributed by atoms with Gasteiger partial charge >= 0.3 is 5.97 Å². The fraction of sp³-hybridized carbons (Fsp3) is 0.429. The molecule has 0 spiro atoms. The van der Waals surface area contributed by atoms with E-state index in [0.717, 1.165) is 0 Å². The minimum atomic E-state index is -3.11. The van der Waals surface area contributed by atoms with Crippen LogP contribution in [0.25, 0.3) is 0 Å². The number of ether oxygens (including phenoxy) is 1. The quantitative estimate of drug-likeness (QED) is 0.828. The van der Waals surface area contributed by atoms with Crippen molar-refractivity contribution in [3.8, 4) is 0 Å². The van der Waals surface area contributed by atoms with E-state index >= 15 is 0 Å². The smallest absolute Gasteiger partial charge is 0.338 e. The molecule has 0 radical (unpaired) electrons. The van der Waals surface area contributed by atoms with E-state index in [1.54, 1.807) is 19.1 Å². The van der Waals surface area contributed by atoms with Gasteiger partial charge in [0.1, 0.15) is 0 Å². The van der Waals surface area contributed by atoms with Crippen molar-refractivity contribution >= 4 is 33.3 Å². The fourth-order valence-corrected chi connectivity index (χ4v) is 4.50. The molecule has 0 unspecified atom stereocenters. The molecule has 2 rings (SSSR count). The van der Waals surface area contributed by atoms with Crippen LogP contribution in [0.1, 0.15) is 23.7 Å². The minimum absolute atomic E-state index is 0.0499. The maximum atomic E-state index is 11.8. The van der Waals surface area contributed by atoms with E-state index in [0.29, 0.717) is 11.4 Å². The number of carbonyl (C=O) groups excluding carboxylic acids is 2. The summed E-state index contributed by atoms with van der Waals surface area (Å²) in [6.07, 6.45) is 0.353. The molecule has 1 amide bonds. The lowest BCUT2D eigenvalue weighted by Gasteiger charge is -2.23. The number of hydrogen-bond donors (Lipinski definition) is 1. The van der Waals surface area contributed by atoms with E-state index in [1.807, 2.05) is 0 Å². The van der Waals surface area contributed by atoms with Crippen molar-refractivity contribution < 1.29 is 22.7 Å². The number of carbonyl (C=O) groups is 2. The number of hydrogen-bond acceptors (Lipinski definition) is 5. The molecule has 1 N–H and O–H groups in total. The molecular weight excluding hydrogens is 330 g/mol. The van der Waals surface area contributed by atoms with Crippen molar-refractivity contribution in [2.75, 3.05) is 18.1 Å². The summed E-state index contributed by atoms with van der Waals surface area (Å²) in [5, 5.41) is 3.10. The van der Waals surface area contributed by atoms with Gasteiger partial charge in [0, 0.05) is 5.02 Å². The SMILES string of the molecule is C[C@]1(NC(=O)COC(=O)c2ccc(Cl)cc2)CCS(=O)(=O)C1. The molecule has 1 aliphatic heterocycles. The summed E-state index contributed by atoms with van der Waals surface area (Å²) < 4.78 is 27.8. The molecule has 1 aromatic carbocycles. The van der Waals surface area contributed by atoms with Gasteiger partial charge in [-0.15, -0.1) is 0 Å². The second-order valence-electron chi connectivity index (χ2n) is 5.53. The van der Waals surface area contributed by atoms with Crippen LogP contribution in [0.4, 0.5) is 0 Å². The number of amides is 1. The molecule has 0 bridgehead atoms. The third kappa shape index (κ3) is 4.45. The Hall–Kier alpha value is -1.60. The Balaban J connectivity index is 1.85. The Morgan fingerprint density at radius 3 is 2.50 bits per heavy atom. The first-order valence-corrected chi connectivity index (χ1v) is 8.83.